The van der Waals surface area contributed by atoms with E-state index in [1.165, 1.54) is 18.5 Å². The molecule has 0 spiro atoms. The van der Waals surface area contributed by atoms with Crippen molar-refractivity contribution in [2.45, 2.75) is 31.8 Å². The fourth-order valence-electron chi connectivity index (χ4n) is 4.13. The van der Waals surface area contributed by atoms with E-state index in [2.05, 4.69) is 9.97 Å². The SMILES string of the molecule is Cc1cccc(O)c1.N[C@@H](Cc1c[nH]c2ccccc12)C(=O)O.N[C@@H](Cc1ccccc1)C(=O)O.O=C(O)c1cccnc1.Oc1ccccc1. The van der Waals surface area contributed by atoms with Crippen LogP contribution in [0.5, 0.6) is 11.5 Å². The van der Waals surface area contributed by atoms with Crippen molar-refractivity contribution in [3.05, 3.63) is 162 Å². The number of carboxylic acid groups (broad SMARTS) is 3. The Kier molecular flexibility index (Phi) is 17.7. The summed E-state index contributed by atoms with van der Waals surface area (Å²) in [5, 5.41) is 44.1. The number of nitrogens with zero attached hydrogens (tertiary/aromatic N) is 1. The van der Waals surface area contributed by atoms with Gasteiger partial charge in [0, 0.05) is 35.9 Å². The van der Waals surface area contributed by atoms with E-state index in [4.69, 9.17) is 37.0 Å². The minimum absolute atomic E-state index is 0.220. The third-order valence-electron chi connectivity index (χ3n) is 6.71. The fourth-order valence-corrected chi connectivity index (χ4v) is 4.13. The van der Waals surface area contributed by atoms with Crippen LogP contribution in [0.3, 0.4) is 0 Å². The first-order chi connectivity index (χ1) is 24.4. The molecule has 2 heterocycles. The molecule has 0 amide bonds. The Labute approximate surface area is 295 Å². The molecule has 0 aliphatic carbocycles. The minimum atomic E-state index is -0.972. The molecule has 0 saturated carbocycles. The van der Waals surface area contributed by atoms with E-state index in [1.807, 2.05) is 85.9 Å². The van der Waals surface area contributed by atoms with Crippen LogP contribution in [0.1, 0.15) is 27.0 Å². The molecule has 6 aromatic rings. The number of aromatic carboxylic acids is 1. The maximum atomic E-state index is 10.6. The third kappa shape index (κ3) is 16.4. The molecule has 12 nitrogen and oxygen atoms in total. The third-order valence-corrected chi connectivity index (χ3v) is 6.71. The molecule has 10 N–H and O–H groups in total. The number of nitrogens with one attached hydrogen (secondary N) is 1. The number of carbonyl (C=O) groups is 3. The van der Waals surface area contributed by atoms with Crippen LogP contribution in [-0.2, 0) is 22.4 Å². The summed E-state index contributed by atoms with van der Waals surface area (Å²) in [6, 6.07) is 34.4. The summed E-state index contributed by atoms with van der Waals surface area (Å²) in [6.07, 6.45) is 5.39. The first kappa shape index (κ1) is 40.7. The molecule has 6 rings (SSSR count). The summed E-state index contributed by atoms with van der Waals surface area (Å²) < 4.78 is 0. The van der Waals surface area contributed by atoms with Crippen molar-refractivity contribution in [3.8, 4) is 11.5 Å². The molecule has 2 aromatic heterocycles. The predicted octanol–water partition coefficient (Wildman–Crippen LogP) is 5.64. The number of aromatic nitrogens is 2. The monoisotopic (exact) mass is 694 g/mol. The average Bonchev–Trinajstić information content (AvgIpc) is 3.53. The van der Waals surface area contributed by atoms with Gasteiger partial charge in [0.05, 0.1) is 5.56 Å². The van der Waals surface area contributed by atoms with Gasteiger partial charge in [-0.05, 0) is 72.5 Å². The zero-order valence-electron chi connectivity index (χ0n) is 27.9. The van der Waals surface area contributed by atoms with E-state index < -0.39 is 30.0 Å². The predicted molar refractivity (Wildman–Crippen MR) is 196 cm³/mol. The number of fused-ring (bicyclic) bond motifs is 1. The van der Waals surface area contributed by atoms with Gasteiger partial charge in [-0.25, -0.2) is 4.79 Å². The smallest absolute Gasteiger partial charge is 0.337 e. The number of nitrogens with two attached hydrogens (primary N) is 2. The quantitative estimate of drug-likeness (QED) is 0.102. The number of rotatable bonds is 7. The highest BCUT2D eigenvalue weighted by Crippen LogP contribution is 2.18. The lowest BCUT2D eigenvalue weighted by molar-refractivity contribution is -0.139. The van der Waals surface area contributed by atoms with E-state index in [-0.39, 0.29) is 5.56 Å². The Hall–Kier alpha value is -6.50. The van der Waals surface area contributed by atoms with Gasteiger partial charge in [-0.2, -0.15) is 0 Å². The first-order valence-electron chi connectivity index (χ1n) is 15.6. The molecule has 0 bridgehead atoms. The van der Waals surface area contributed by atoms with E-state index in [0.29, 0.717) is 24.3 Å². The van der Waals surface area contributed by atoms with Crippen molar-refractivity contribution in [2.75, 3.05) is 0 Å². The minimum Gasteiger partial charge on any atom is -0.508 e. The summed E-state index contributed by atoms with van der Waals surface area (Å²) in [4.78, 5) is 37.9. The van der Waals surface area contributed by atoms with Gasteiger partial charge < -0.3 is 42.0 Å². The Morgan fingerprint density at radius 3 is 1.73 bits per heavy atom. The number of hydrogen-bond donors (Lipinski definition) is 8. The van der Waals surface area contributed by atoms with Crippen molar-refractivity contribution in [2.24, 2.45) is 11.5 Å². The van der Waals surface area contributed by atoms with Crippen LogP contribution < -0.4 is 11.5 Å². The first-order valence-corrected chi connectivity index (χ1v) is 15.6. The molecule has 0 aliphatic rings. The number of aliphatic carboxylic acids is 2. The summed E-state index contributed by atoms with van der Waals surface area (Å²) in [7, 11) is 0. The van der Waals surface area contributed by atoms with Gasteiger partial charge in [0.25, 0.3) is 0 Å². The molecule has 4 aromatic carbocycles. The number of pyridine rings is 1. The Morgan fingerprint density at radius 1 is 0.686 bits per heavy atom. The zero-order valence-corrected chi connectivity index (χ0v) is 27.9. The normalized spacial score (nSPS) is 10.9. The number of H-pyrrole nitrogens is 1. The number of phenols is 2. The maximum Gasteiger partial charge on any atom is 0.337 e. The van der Waals surface area contributed by atoms with Crippen molar-refractivity contribution >= 4 is 28.8 Å². The fraction of sp³-hybridized carbons (Fsp3) is 0.128. The number of phenolic OH excluding ortho intramolecular Hbond substituents is 2. The zero-order chi connectivity index (χ0) is 37.6. The Bertz CT molecular complexity index is 1890. The van der Waals surface area contributed by atoms with Crippen molar-refractivity contribution in [1.82, 2.24) is 9.97 Å². The number of aryl methyl sites for hydroxylation is 1. The van der Waals surface area contributed by atoms with Crippen LogP contribution in [-0.4, -0.2) is 65.5 Å². The standard InChI is InChI=1S/C11H12N2O2.C9H11NO2.C7H8O.C6H5NO2.C6H6O/c12-9(11(14)15)5-7-6-13-10-4-2-1-3-8(7)10;10-8(9(11)12)6-7-4-2-1-3-5-7;1-6-3-2-4-7(8)5-6;8-6(9)5-2-1-3-7-4-5;7-6-4-2-1-3-5-6/h1-4,6,9,13H,5,12H2,(H,14,15);1-5,8H,6,10H2,(H,11,12);2-5,8H,1H3;1-4H,(H,8,9);1-5,7H/t9-;8-;;;/m00.../s1. The lowest BCUT2D eigenvalue weighted by Gasteiger charge is -2.04. The number of aromatic amines is 1. The molecule has 2 atom stereocenters. The van der Waals surface area contributed by atoms with Gasteiger partial charge in [0.15, 0.2) is 0 Å². The van der Waals surface area contributed by atoms with E-state index in [1.54, 1.807) is 42.5 Å². The second kappa shape index (κ2) is 22.2. The summed E-state index contributed by atoms with van der Waals surface area (Å²) in [6.45, 7) is 1.94. The van der Waals surface area contributed by atoms with Gasteiger partial charge in [0.2, 0.25) is 0 Å². The van der Waals surface area contributed by atoms with Gasteiger partial charge in [-0.3, -0.25) is 14.6 Å². The summed E-state index contributed by atoms with van der Waals surface area (Å²) >= 11 is 0. The molecule has 0 aliphatic heterocycles. The number of carboxylic acids is 3. The van der Waals surface area contributed by atoms with Crippen molar-refractivity contribution in [1.29, 1.82) is 0 Å². The topological polar surface area (TPSA) is 233 Å². The molecule has 266 valence electrons. The van der Waals surface area contributed by atoms with Gasteiger partial charge >= 0.3 is 17.9 Å². The summed E-state index contributed by atoms with van der Waals surface area (Å²) in [5.74, 6) is -2.21. The Balaban J connectivity index is 0.000000227. The van der Waals surface area contributed by atoms with Crippen LogP contribution in [0.2, 0.25) is 0 Å². The summed E-state index contributed by atoms with van der Waals surface area (Å²) in [5.41, 5.74) is 15.0. The molecule has 0 fully saturated rings. The molecule has 0 radical (unpaired) electrons. The van der Waals surface area contributed by atoms with E-state index in [0.717, 1.165) is 27.6 Å². The lowest BCUT2D eigenvalue weighted by atomic mass is 10.1. The van der Waals surface area contributed by atoms with Gasteiger partial charge in [-0.1, -0.05) is 78.9 Å². The highest BCUT2D eigenvalue weighted by atomic mass is 16.4. The largest absolute Gasteiger partial charge is 0.508 e. The van der Waals surface area contributed by atoms with Crippen molar-refractivity contribution in [3.63, 3.8) is 0 Å². The van der Waals surface area contributed by atoms with E-state index >= 15 is 0 Å². The van der Waals surface area contributed by atoms with Gasteiger partial charge in [-0.15, -0.1) is 0 Å². The van der Waals surface area contributed by atoms with Crippen LogP contribution in [0.4, 0.5) is 0 Å². The van der Waals surface area contributed by atoms with Crippen LogP contribution >= 0.6 is 0 Å². The molecule has 0 unspecified atom stereocenters. The molecular formula is C39H42N4O8. The second-order valence-corrected chi connectivity index (χ2v) is 10.9. The molecular weight excluding hydrogens is 652 g/mol. The molecule has 51 heavy (non-hydrogen) atoms. The number of hydrogen-bond acceptors (Lipinski definition) is 8. The number of benzene rings is 4. The molecule has 12 heteroatoms. The maximum absolute atomic E-state index is 10.6. The van der Waals surface area contributed by atoms with Crippen molar-refractivity contribution < 1.29 is 39.9 Å². The lowest BCUT2D eigenvalue weighted by Crippen LogP contribution is -2.32. The number of aromatic hydroxyl groups is 2. The Morgan fingerprint density at radius 2 is 1.25 bits per heavy atom. The van der Waals surface area contributed by atoms with Crippen LogP contribution in [0.25, 0.3) is 10.9 Å². The highest BCUT2D eigenvalue weighted by molar-refractivity contribution is 5.87. The number of para-hydroxylation sites is 2. The molecule has 0 saturated heterocycles. The highest BCUT2D eigenvalue weighted by Gasteiger charge is 2.14. The van der Waals surface area contributed by atoms with Gasteiger partial charge in [0.1, 0.15) is 23.6 Å². The second-order valence-electron chi connectivity index (χ2n) is 10.9. The van der Waals surface area contributed by atoms with Crippen LogP contribution in [0.15, 0.2) is 140 Å². The van der Waals surface area contributed by atoms with Crippen LogP contribution in [0, 0.1) is 6.92 Å². The van der Waals surface area contributed by atoms with E-state index in [9.17, 15) is 14.4 Å². The average molecular weight is 695 g/mol.